The molecule has 0 spiro atoms. The molecule has 1 aromatic carbocycles. The fraction of sp³-hybridized carbons (Fsp3) is 0.625. The van der Waals surface area contributed by atoms with Crippen LogP contribution in [-0.2, 0) is 0 Å². The molecule has 0 aliphatic carbocycles. The second-order valence-corrected chi connectivity index (χ2v) is 6.76. The van der Waals surface area contributed by atoms with Crippen molar-refractivity contribution in [3.05, 3.63) is 33.8 Å². The zero-order valence-electron chi connectivity index (χ0n) is 12.3. The van der Waals surface area contributed by atoms with Gasteiger partial charge in [-0.2, -0.15) is 0 Å². The maximum Gasteiger partial charge on any atom is 0.0505 e. The summed E-state index contributed by atoms with van der Waals surface area (Å²) in [4.78, 5) is 5.08. The van der Waals surface area contributed by atoms with Crippen molar-refractivity contribution in [2.75, 3.05) is 45.8 Å². The lowest BCUT2D eigenvalue weighted by molar-refractivity contribution is 0.135. The monoisotopic (exact) mass is 327 g/mol. The quantitative estimate of drug-likeness (QED) is 0.917. The average Bonchev–Trinajstić information content (AvgIpc) is 3.00. The Kier molecular flexibility index (Phi) is 5.41. The van der Waals surface area contributed by atoms with Gasteiger partial charge in [-0.25, -0.2) is 0 Å². The van der Waals surface area contributed by atoms with Gasteiger partial charge in [-0.15, -0.1) is 0 Å². The van der Waals surface area contributed by atoms with Crippen LogP contribution in [0.4, 0.5) is 0 Å². The largest absolute Gasteiger partial charge is 0.314 e. The zero-order chi connectivity index (χ0) is 14.7. The minimum absolute atomic E-state index is 0.298. The van der Waals surface area contributed by atoms with Gasteiger partial charge in [0.2, 0.25) is 0 Å². The minimum atomic E-state index is 0.298. The molecule has 2 fully saturated rings. The number of halogens is 2. The summed E-state index contributed by atoms with van der Waals surface area (Å²) in [7, 11) is 0. The Morgan fingerprint density at radius 2 is 1.62 bits per heavy atom. The van der Waals surface area contributed by atoms with E-state index in [1.54, 1.807) is 0 Å². The van der Waals surface area contributed by atoms with Crippen molar-refractivity contribution >= 4 is 23.2 Å². The van der Waals surface area contributed by atoms with Crippen molar-refractivity contribution in [2.45, 2.75) is 18.9 Å². The highest BCUT2D eigenvalue weighted by Crippen LogP contribution is 2.35. The lowest BCUT2D eigenvalue weighted by Gasteiger charge is -2.38. The lowest BCUT2D eigenvalue weighted by atomic mass is 10.0. The Hall–Kier alpha value is -0.320. The molecular formula is C16H23Cl2N3. The van der Waals surface area contributed by atoms with Crippen molar-refractivity contribution < 1.29 is 0 Å². The lowest BCUT2D eigenvalue weighted by Crippen LogP contribution is -2.48. The molecule has 5 heteroatoms. The van der Waals surface area contributed by atoms with E-state index in [9.17, 15) is 0 Å². The van der Waals surface area contributed by atoms with Gasteiger partial charge in [-0.3, -0.25) is 4.90 Å². The maximum absolute atomic E-state index is 6.48. The molecule has 1 unspecified atom stereocenters. The maximum atomic E-state index is 6.48. The van der Waals surface area contributed by atoms with Crippen LogP contribution in [0.15, 0.2) is 18.2 Å². The normalized spacial score (nSPS) is 22.6. The molecular weight excluding hydrogens is 305 g/mol. The number of likely N-dealkylation sites (tertiary alicyclic amines) is 1. The summed E-state index contributed by atoms with van der Waals surface area (Å²) in [6.45, 7) is 7.62. The number of hydrogen-bond acceptors (Lipinski definition) is 3. The Bertz CT molecular complexity index is 448. The van der Waals surface area contributed by atoms with Gasteiger partial charge >= 0.3 is 0 Å². The predicted octanol–water partition coefficient (Wildman–Crippen LogP) is 3.04. The number of nitrogens with one attached hydrogen (secondary N) is 1. The van der Waals surface area contributed by atoms with Gasteiger partial charge in [0.05, 0.1) is 6.04 Å². The van der Waals surface area contributed by atoms with Crippen LogP contribution in [0.3, 0.4) is 0 Å². The SMILES string of the molecule is Clc1cccc(Cl)c1C(CN1CCCC1)N1CCNCC1. The molecule has 0 amide bonds. The minimum Gasteiger partial charge on any atom is -0.314 e. The molecule has 2 aliphatic heterocycles. The number of benzene rings is 1. The molecule has 0 bridgehead atoms. The van der Waals surface area contributed by atoms with Crippen molar-refractivity contribution in [2.24, 2.45) is 0 Å². The Morgan fingerprint density at radius 1 is 1.00 bits per heavy atom. The molecule has 1 atom stereocenters. The Labute approximate surface area is 137 Å². The van der Waals surface area contributed by atoms with Crippen LogP contribution >= 0.6 is 23.2 Å². The topological polar surface area (TPSA) is 18.5 Å². The van der Waals surface area contributed by atoms with E-state index in [4.69, 9.17) is 23.2 Å². The summed E-state index contributed by atoms with van der Waals surface area (Å²) in [6, 6.07) is 6.15. The van der Waals surface area contributed by atoms with Gasteiger partial charge in [0.1, 0.15) is 0 Å². The van der Waals surface area contributed by atoms with E-state index in [0.717, 1.165) is 48.3 Å². The van der Waals surface area contributed by atoms with Gasteiger partial charge in [0, 0.05) is 48.3 Å². The summed E-state index contributed by atoms with van der Waals surface area (Å²) in [5, 5.41) is 5.02. The highest BCUT2D eigenvalue weighted by molar-refractivity contribution is 6.36. The third kappa shape index (κ3) is 3.72. The van der Waals surface area contributed by atoms with Crippen molar-refractivity contribution in [3.8, 4) is 0 Å². The number of hydrogen-bond donors (Lipinski definition) is 1. The fourth-order valence-corrected chi connectivity index (χ4v) is 4.07. The van der Waals surface area contributed by atoms with Crippen molar-refractivity contribution in [1.29, 1.82) is 0 Å². The first-order valence-electron chi connectivity index (χ1n) is 7.87. The van der Waals surface area contributed by atoms with Crippen LogP contribution in [0.5, 0.6) is 0 Å². The Morgan fingerprint density at radius 3 is 2.24 bits per heavy atom. The van der Waals surface area contributed by atoms with Crippen LogP contribution in [0, 0.1) is 0 Å². The van der Waals surface area contributed by atoms with E-state index in [1.165, 1.54) is 25.9 Å². The van der Waals surface area contributed by atoms with Gasteiger partial charge in [0.25, 0.3) is 0 Å². The van der Waals surface area contributed by atoms with Crippen molar-refractivity contribution in [1.82, 2.24) is 15.1 Å². The second-order valence-electron chi connectivity index (χ2n) is 5.94. The van der Waals surface area contributed by atoms with Gasteiger partial charge in [0.15, 0.2) is 0 Å². The fourth-order valence-electron chi connectivity index (χ4n) is 3.42. The highest BCUT2D eigenvalue weighted by Gasteiger charge is 2.28. The number of nitrogens with zero attached hydrogens (tertiary/aromatic N) is 2. The summed E-state index contributed by atoms with van der Waals surface area (Å²) >= 11 is 13.0. The summed E-state index contributed by atoms with van der Waals surface area (Å²) in [5.41, 5.74) is 1.11. The van der Waals surface area contributed by atoms with E-state index in [1.807, 2.05) is 18.2 Å². The molecule has 2 aliphatic rings. The molecule has 0 saturated carbocycles. The molecule has 0 aromatic heterocycles. The molecule has 116 valence electrons. The summed E-state index contributed by atoms with van der Waals surface area (Å²) in [6.07, 6.45) is 2.62. The molecule has 0 radical (unpaired) electrons. The van der Waals surface area contributed by atoms with E-state index < -0.39 is 0 Å². The van der Waals surface area contributed by atoms with Crippen molar-refractivity contribution in [3.63, 3.8) is 0 Å². The van der Waals surface area contributed by atoms with Crippen LogP contribution in [0.2, 0.25) is 10.0 Å². The molecule has 3 nitrogen and oxygen atoms in total. The molecule has 21 heavy (non-hydrogen) atoms. The first-order chi connectivity index (χ1) is 10.3. The first-order valence-corrected chi connectivity index (χ1v) is 8.62. The van der Waals surface area contributed by atoms with E-state index in [-0.39, 0.29) is 0 Å². The molecule has 1 N–H and O–H groups in total. The van der Waals surface area contributed by atoms with Gasteiger partial charge in [-0.1, -0.05) is 29.3 Å². The van der Waals surface area contributed by atoms with E-state index >= 15 is 0 Å². The number of piperazine rings is 1. The predicted molar refractivity (Wildman–Crippen MR) is 89.3 cm³/mol. The van der Waals surface area contributed by atoms with Gasteiger partial charge in [-0.05, 0) is 38.1 Å². The smallest absolute Gasteiger partial charge is 0.0505 e. The Balaban J connectivity index is 1.86. The standard InChI is InChI=1S/C16H23Cl2N3/c17-13-4-3-5-14(18)16(13)15(12-20-8-1-2-9-20)21-10-6-19-7-11-21/h3-5,15,19H,1-2,6-12H2. The molecule has 2 heterocycles. The summed E-state index contributed by atoms with van der Waals surface area (Å²) in [5.74, 6) is 0. The average molecular weight is 328 g/mol. The van der Waals surface area contributed by atoms with Crippen LogP contribution < -0.4 is 5.32 Å². The van der Waals surface area contributed by atoms with Crippen LogP contribution in [-0.4, -0.2) is 55.6 Å². The molecule has 1 aromatic rings. The van der Waals surface area contributed by atoms with E-state index in [0.29, 0.717) is 6.04 Å². The first kappa shape index (κ1) is 15.6. The zero-order valence-corrected chi connectivity index (χ0v) is 13.8. The van der Waals surface area contributed by atoms with Crippen LogP contribution in [0.1, 0.15) is 24.4 Å². The third-order valence-electron chi connectivity index (χ3n) is 4.56. The summed E-state index contributed by atoms with van der Waals surface area (Å²) < 4.78 is 0. The number of rotatable bonds is 4. The second kappa shape index (κ2) is 7.30. The van der Waals surface area contributed by atoms with Gasteiger partial charge < -0.3 is 10.2 Å². The van der Waals surface area contributed by atoms with Crippen LogP contribution in [0.25, 0.3) is 0 Å². The van der Waals surface area contributed by atoms with E-state index in [2.05, 4.69) is 15.1 Å². The third-order valence-corrected chi connectivity index (χ3v) is 5.21. The highest BCUT2D eigenvalue weighted by atomic mass is 35.5. The molecule has 3 rings (SSSR count). The molecule has 2 saturated heterocycles.